The van der Waals surface area contributed by atoms with Gasteiger partial charge in [-0.1, -0.05) is 12.1 Å². The lowest BCUT2D eigenvalue weighted by Gasteiger charge is -2.31. The van der Waals surface area contributed by atoms with Gasteiger partial charge in [0.05, 0.1) is 6.61 Å². The summed E-state index contributed by atoms with van der Waals surface area (Å²) in [5, 5.41) is 3.48. The fourth-order valence-corrected chi connectivity index (χ4v) is 2.75. The standard InChI is InChI=1S/C14H20N2O/c1-11-9-16(6-5-15-11)10-12-2-3-14-13(8-12)4-7-17-14/h2-3,8,11,15H,4-7,9-10H2,1H3/t11-/m1/s1. The summed E-state index contributed by atoms with van der Waals surface area (Å²) in [5.41, 5.74) is 2.80. The Hall–Kier alpha value is -1.06. The van der Waals surface area contributed by atoms with Gasteiger partial charge in [0, 0.05) is 38.6 Å². The van der Waals surface area contributed by atoms with E-state index >= 15 is 0 Å². The Morgan fingerprint density at radius 1 is 1.47 bits per heavy atom. The van der Waals surface area contributed by atoms with Gasteiger partial charge < -0.3 is 10.1 Å². The van der Waals surface area contributed by atoms with Gasteiger partial charge in [0.15, 0.2) is 0 Å². The molecule has 1 aromatic rings. The molecule has 0 unspecified atom stereocenters. The monoisotopic (exact) mass is 232 g/mol. The van der Waals surface area contributed by atoms with Crippen molar-refractivity contribution in [3.63, 3.8) is 0 Å². The molecule has 0 aromatic heterocycles. The Labute approximate surface area is 103 Å². The molecule has 92 valence electrons. The normalized spacial score (nSPS) is 24.4. The lowest BCUT2D eigenvalue weighted by Crippen LogP contribution is -2.48. The van der Waals surface area contributed by atoms with Crippen LogP contribution in [-0.2, 0) is 13.0 Å². The molecule has 17 heavy (non-hydrogen) atoms. The van der Waals surface area contributed by atoms with E-state index < -0.39 is 0 Å². The summed E-state index contributed by atoms with van der Waals surface area (Å²) in [6.45, 7) is 7.58. The molecule has 0 bridgehead atoms. The number of nitrogens with zero attached hydrogens (tertiary/aromatic N) is 1. The molecular weight excluding hydrogens is 212 g/mol. The first-order valence-electron chi connectivity index (χ1n) is 6.51. The van der Waals surface area contributed by atoms with E-state index in [1.54, 1.807) is 0 Å². The third kappa shape index (κ3) is 2.45. The topological polar surface area (TPSA) is 24.5 Å². The van der Waals surface area contributed by atoms with Crippen molar-refractivity contribution in [1.82, 2.24) is 10.2 Å². The zero-order chi connectivity index (χ0) is 11.7. The largest absolute Gasteiger partial charge is 0.493 e. The van der Waals surface area contributed by atoms with Gasteiger partial charge in [-0.15, -0.1) is 0 Å². The lowest BCUT2D eigenvalue weighted by atomic mass is 10.1. The van der Waals surface area contributed by atoms with Gasteiger partial charge in [-0.25, -0.2) is 0 Å². The Bertz CT molecular complexity index is 405. The number of nitrogens with one attached hydrogen (secondary N) is 1. The SMILES string of the molecule is C[C@@H]1CN(Cc2ccc3c(c2)CCO3)CCN1. The van der Waals surface area contributed by atoms with Crippen molar-refractivity contribution in [2.75, 3.05) is 26.2 Å². The van der Waals surface area contributed by atoms with Gasteiger partial charge >= 0.3 is 0 Å². The molecule has 0 radical (unpaired) electrons. The van der Waals surface area contributed by atoms with Crippen LogP contribution in [0.3, 0.4) is 0 Å². The number of ether oxygens (including phenoxy) is 1. The molecule has 1 aromatic carbocycles. The molecule has 1 atom stereocenters. The average molecular weight is 232 g/mol. The lowest BCUT2D eigenvalue weighted by molar-refractivity contribution is 0.199. The fraction of sp³-hybridized carbons (Fsp3) is 0.571. The summed E-state index contributed by atoms with van der Waals surface area (Å²) in [7, 11) is 0. The summed E-state index contributed by atoms with van der Waals surface area (Å²) in [6.07, 6.45) is 1.07. The minimum Gasteiger partial charge on any atom is -0.493 e. The van der Waals surface area contributed by atoms with E-state index in [1.807, 2.05) is 0 Å². The van der Waals surface area contributed by atoms with Crippen LogP contribution in [0.15, 0.2) is 18.2 Å². The van der Waals surface area contributed by atoms with Crippen LogP contribution in [0, 0.1) is 0 Å². The Morgan fingerprint density at radius 3 is 3.29 bits per heavy atom. The fourth-order valence-electron chi connectivity index (χ4n) is 2.75. The van der Waals surface area contributed by atoms with Crippen LogP contribution in [-0.4, -0.2) is 37.2 Å². The maximum atomic E-state index is 5.54. The summed E-state index contributed by atoms with van der Waals surface area (Å²) in [5.74, 6) is 1.09. The predicted molar refractivity (Wildman–Crippen MR) is 68.4 cm³/mol. The highest BCUT2D eigenvalue weighted by molar-refractivity contribution is 5.39. The van der Waals surface area contributed by atoms with Crippen LogP contribution in [0.1, 0.15) is 18.1 Å². The second-order valence-electron chi connectivity index (χ2n) is 5.13. The van der Waals surface area contributed by atoms with Gasteiger partial charge in [0.2, 0.25) is 0 Å². The van der Waals surface area contributed by atoms with Crippen molar-refractivity contribution < 1.29 is 4.74 Å². The van der Waals surface area contributed by atoms with Crippen LogP contribution < -0.4 is 10.1 Å². The van der Waals surface area contributed by atoms with Crippen molar-refractivity contribution in [3.8, 4) is 5.75 Å². The van der Waals surface area contributed by atoms with E-state index in [4.69, 9.17) is 4.74 Å². The smallest absolute Gasteiger partial charge is 0.122 e. The first kappa shape index (κ1) is 11.1. The quantitative estimate of drug-likeness (QED) is 0.834. The van der Waals surface area contributed by atoms with Crippen LogP contribution in [0.25, 0.3) is 0 Å². The third-order valence-corrected chi connectivity index (χ3v) is 3.61. The van der Waals surface area contributed by atoms with Gasteiger partial charge in [-0.05, 0) is 24.1 Å². The van der Waals surface area contributed by atoms with E-state index in [9.17, 15) is 0 Å². The second-order valence-corrected chi connectivity index (χ2v) is 5.13. The molecule has 0 aliphatic carbocycles. The van der Waals surface area contributed by atoms with E-state index in [-0.39, 0.29) is 0 Å². The maximum Gasteiger partial charge on any atom is 0.122 e. The van der Waals surface area contributed by atoms with Crippen LogP contribution in [0.2, 0.25) is 0 Å². The van der Waals surface area contributed by atoms with E-state index in [0.717, 1.165) is 45.0 Å². The van der Waals surface area contributed by atoms with Crippen LogP contribution in [0.4, 0.5) is 0 Å². The Balaban J connectivity index is 1.68. The first-order chi connectivity index (χ1) is 8.31. The van der Waals surface area contributed by atoms with Crippen molar-refractivity contribution in [2.45, 2.75) is 25.9 Å². The Morgan fingerprint density at radius 2 is 2.41 bits per heavy atom. The Kier molecular flexibility index (Phi) is 3.04. The number of rotatable bonds is 2. The molecule has 3 rings (SSSR count). The van der Waals surface area contributed by atoms with E-state index in [1.165, 1.54) is 11.1 Å². The predicted octanol–water partition coefficient (Wildman–Crippen LogP) is 1.42. The zero-order valence-electron chi connectivity index (χ0n) is 10.4. The van der Waals surface area contributed by atoms with Crippen LogP contribution in [0.5, 0.6) is 5.75 Å². The van der Waals surface area contributed by atoms with Crippen LogP contribution >= 0.6 is 0 Å². The molecule has 1 N–H and O–H groups in total. The highest BCUT2D eigenvalue weighted by Gasteiger charge is 2.17. The molecule has 1 fully saturated rings. The molecule has 2 heterocycles. The molecule has 3 nitrogen and oxygen atoms in total. The summed E-state index contributed by atoms with van der Waals surface area (Å²) in [4.78, 5) is 2.53. The third-order valence-electron chi connectivity index (χ3n) is 3.61. The van der Waals surface area contributed by atoms with E-state index in [2.05, 4.69) is 35.3 Å². The molecular formula is C14H20N2O. The second kappa shape index (κ2) is 4.67. The minimum atomic E-state index is 0.613. The van der Waals surface area contributed by atoms with Crippen molar-refractivity contribution in [2.24, 2.45) is 0 Å². The summed E-state index contributed by atoms with van der Waals surface area (Å²) >= 11 is 0. The average Bonchev–Trinajstić information content (AvgIpc) is 2.76. The highest BCUT2D eigenvalue weighted by atomic mass is 16.5. The molecule has 1 saturated heterocycles. The van der Waals surface area contributed by atoms with Crippen molar-refractivity contribution in [1.29, 1.82) is 0 Å². The zero-order valence-corrected chi connectivity index (χ0v) is 10.4. The number of fused-ring (bicyclic) bond motifs is 1. The number of hydrogen-bond donors (Lipinski definition) is 1. The number of piperazine rings is 1. The van der Waals surface area contributed by atoms with Gasteiger partial charge in [0.1, 0.15) is 5.75 Å². The van der Waals surface area contributed by atoms with Crippen molar-refractivity contribution >= 4 is 0 Å². The van der Waals surface area contributed by atoms with E-state index in [0.29, 0.717) is 6.04 Å². The summed E-state index contributed by atoms with van der Waals surface area (Å²) < 4.78 is 5.54. The molecule has 3 heteroatoms. The van der Waals surface area contributed by atoms with Gasteiger partial charge in [-0.3, -0.25) is 4.90 Å². The number of hydrogen-bond acceptors (Lipinski definition) is 3. The maximum absolute atomic E-state index is 5.54. The highest BCUT2D eigenvalue weighted by Crippen LogP contribution is 2.26. The molecule has 0 saturated carbocycles. The van der Waals surface area contributed by atoms with Crippen molar-refractivity contribution in [3.05, 3.63) is 29.3 Å². The summed E-state index contributed by atoms with van der Waals surface area (Å²) in [6, 6.07) is 7.26. The number of benzene rings is 1. The molecule has 2 aliphatic rings. The molecule has 0 amide bonds. The van der Waals surface area contributed by atoms with Gasteiger partial charge in [0.25, 0.3) is 0 Å². The molecule has 2 aliphatic heterocycles. The minimum absolute atomic E-state index is 0.613. The molecule has 0 spiro atoms. The van der Waals surface area contributed by atoms with Gasteiger partial charge in [-0.2, -0.15) is 0 Å². The first-order valence-corrected chi connectivity index (χ1v) is 6.51.